The Morgan fingerprint density at radius 3 is 3.11 bits per heavy atom. The van der Waals surface area contributed by atoms with Crippen LogP contribution in [0.4, 0.5) is 5.69 Å². The monoisotopic (exact) mass is 263 g/mol. The van der Waals surface area contributed by atoms with Gasteiger partial charge in [-0.1, -0.05) is 17.7 Å². The highest BCUT2D eigenvalue weighted by atomic mass is 35.5. The van der Waals surface area contributed by atoms with Gasteiger partial charge in [-0.25, -0.2) is 0 Å². The second-order valence-corrected chi connectivity index (χ2v) is 5.11. The molecular formula is C14H18ClN3. The van der Waals surface area contributed by atoms with Crippen molar-refractivity contribution in [3.63, 3.8) is 0 Å². The van der Waals surface area contributed by atoms with Crippen LogP contribution in [0.25, 0.3) is 0 Å². The zero-order valence-corrected chi connectivity index (χ0v) is 11.4. The van der Waals surface area contributed by atoms with E-state index in [2.05, 4.69) is 22.4 Å². The van der Waals surface area contributed by atoms with Crippen LogP contribution < -0.4 is 10.2 Å². The fraction of sp³-hybridized carbons (Fsp3) is 0.500. The second-order valence-electron chi connectivity index (χ2n) is 4.70. The molecule has 1 fully saturated rings. The molecule has 1 unspecified atom stereocenters. The Hall–Kier alpha value is -1.24. The molecule has 1 aromatic carbocycles. The Kier molecular flexibility index (Phi) is 4.46. The molecule has 0 amide bonds. The summed E-state index contributed by atoms with van der Waals surface area (Å²) in [6.45, 7) is 4.85. The van der Waals surface area contributed by atoms with E-state index in [-0.39, 0.29) is 6.04 Å². The lowest BCUT2D eigenvalue weighted by atomic mass is 10.1. The molecule has 1 aliphatic heterocycles. The normalized spacial score (nSPS) is 20.3. The van der Waals surface area contributed by atoms with Crippen molar-refractivity contribution in [3.05, 3.63) is 28.8 Å². The summed E-state index contributed by atoms with van der Waals surface area (Å²) in [4.78, 5) is 2.30. The molecular weight excluding hydrogens is 246 g/mol. The van der Waals surface area contributed by atoms with Gasteiger partial charge in [0, 0.05) is 23.8 Å². The van der Waals surface area contributed by atoms with Crippen molar-refractivity contribution in [2.45, 2.75) is 25.8 Å². The molecule has 1 heterocycles. The first-order valence-electron chi connectivity index (χ1n) is 6.33. The largest absolute Gasteiger partial charge is 0.366 e. The van der Waals surface area contributed by atoms with Crippen LogP contribution >= 0.6 is 11.6 Å². The predicted octanol–water partition coefficient (Wildman–Crippen LogP) is 2.73. The standard InChI is InChI=1S/C14H18ClN3/c1-11-3-4-12(9-14(11)15)18-8-2-7-17-10-13(18)5-6-16/h3-4,9,13,17H,2,5,7-8,10H2,1H3. The molecule has 4 heteroatoms. The smallest absolute Gasteiger partial charge is 0.0643 e. The Labute approximate surface area is 113 Å². The number of halogens is 1. The van der Waals surface area contributed by atoms with Gasteiger partial charge in [0.15, 0.2) is 0 Å². The number of hydrogen-bond acceptors (Lipinski definition) is 3. The van der Waals surface area contributed by atoms with E-state index in [1.165, 1.54) is 0 Å². The van der Waals surface area contributed by atoms with Gasteiger partial charge in [-0.2, -0.15) is 5.26 Å². The lowest BCUT2D eigenvalue weighted by Gasteiger charge is -2.30. The summed E-state index contributed by atoms with van der Waals surface area (Å²) in [5.41, 5.74) is 2.21. The summed E-state index contributed by atoms with van der Waals surface area (Å²) >= 11 is 6.19. The van der Waals surface area contributed by atoms with Gasteiger partial charge < -0.3 is 10.2 Å². The van der Waals surface area contributed by atoms with Crippen molar-refractivity contribution in [2.75, 3.05) is 24.5 Å². The van der Waals surface area contributed by atoms with Crippen molar-refractivity contribution in [3.8, 4) is 6.07 Å². The molecule has 0 saturated carbocycles. The SMILES string of the molecule is Cc1ccc(N2CCCNCC2CC#N)cc1Cl. The Bertz CT molecular complexity index is 453. The average molecular weight is 264 g/mol. The molecule has 0 radical (unpaired) electrons. The van der Waals surface area contributed by atoms with Crippen LogP contribution in [0, 0.1) is 18.3 Å². The molecule has 1 aliphatic rings. The molecule has 1 N–H and O–H groups in total. The number of nitrogens with one attached hydrogen (secondary N) is 1. The number of rotatable bonds is 2. The van der Waals surface area contributed by atoms with Gasteiger partial charge in [0.2, 0.25) is 0 Å². The van der Waals surface area contributed by atoms with Gasteiger partial charge in [-0.3, -0.25) is 0 Å². The van der Waals surface area contributed by atoms with E-state index in [4.69, 9.17) is 16.9 Å². The Morgan fingerprint density at radius 1 is 1.56 bits per heavy atom. The molecule has 1 atom stereocenters. The molecule has 2 rings (SSSR count). The van der Waals surface area contributed by atoms with Crippen molar-refractivity contribution in [1.29, 1.82) is 5.26 Å². The Morgan fingerprint density at radius 2 is 2.39 bits per heavy atom. The average Bonchev–Trinajstić information content (AvgIpc) is 2.59. The lowest BCUT2D eigenvalue weighted by molar-refractivity contribution is 0.597. The number of aryl methyl sites for hydroxylation is 1. The molecule has 0 bridgehead atoms. The van der Waals surface area contributed by atoms with E-state index in [0.29, 0.717) is 6.42 Å². The minimum absolute atomic E-state index is 0.233. The third-order valence-electron chi connectivity index (χ3n) is 3.39. The van der Waals surface area contributed by atoms with E-state index in [1.54, 1.807) is 0 Å². The van der Waals surface area contributed by atoms with Crippen molar-refractivity contribution in [1.82, 2.24) is 5.32 Å². The molecule has 1 aromatic rings. The van der Waals surface area contributed by atoms with Gasteiger partial charge in [0.1, 0.15) is 0 Å². The van der Waals surface area contributed by atoms with Gasteiger partial charge in [-0.05, 0) is 37.6 Å². The van der Waals surface area contributed by atoms with Crippen molar-refractivity contribution >= 4 is 17.3 Å². The van der Waals surface area contributed by atoms with Crippen LogP contribution in [0.5, 0.6) is 0 Å². The molecule has 0 aromatic heterocycles. The van der Waals surface area contributed by atoms with Crippen molar-refractivity contribution < 1.29 is 0 Å². The topological polar surface area (TPSA) is 39.1 Å². The first-order valence-corrected chi connectivity index (χ1v) is 6.70. The third kappa shape index (κ3) is 2.95. The molecule has 0 spiro atoms. The maximum absolute atomic E-state index is 8.94. The summed E-state index contributed by atoms with van der Waals surface area (Å²) in [6.07, 6.45) is 1.63. The first-order chi connectivity index (χ1) is 8.72. The summed E-state index contributed by atoms with van der Waals surface area (Å²) in [5, 5.41) is 13.1. The summed E-state index contributed by atoms with van der Waals surface area (Å²) in [6, 6.07) is 8.65. The molecule has 96 valence electrons. The highest BCUT2D eigenvalue weighted by Crippen LogP contribution is 2.26. The zero-order chi connectivity index (χ0) is 13.0. The highest BCUT2D eigenvalue weighted by Gasteiger charge is 2.21. The van der Waals surface area contributed by atoms with Gasteiger partial charge in [0.25, 0.3) is 0 Å². The van der Waals surface area contributed by atoms with Crippen LogP contribution in [0.3, 0.4) is 0 Å². The summed E-state index contributed by atoms with van der Waals surface area (Å²) in [7, 11) is 0. The van der Waals surface area contributed by atoms with E-state index in [1.807, 2.05) is 19.1 Å². The van der Waals surface area contributed by atoms with Gasteiger partial charge >= 0.3 is 0 Å². The van der Waals surface area contributed by atoms with Crippen molar-refractivity contribution in [2.24, 2.45) is 0 Å². The van der Waals surface area contributed by atoms with Crippen LogP contribution in [0.2, 0.25) is 5.02 Å². The zero-order valence-electron chi connectivity index (χ0n) is 10.6. The number of benzene rings is 1. The molecule has 3 nitrogen and oxygen atoms in total. The van der Waals surface area contributed by atoms with Crippen LogP contribution in [0.15, 0.2) is 18.2 Å². The lowest BCUT2D eigenvalue weighted by Crippen LogP contribution is -2.39. The Balaban J connectivity index is 2.26. The van der Waals surface area contributed by atoms with Crippen LogP contribution in [-0.2, 0) is 0 Å². The maximum Gasteiger partial charge on any atom is 0.0643 e. The number of hydrogen-bond donors (Lipinski definition) is 1. The quantitative estimate of drug-likeness (QED) is 0.892. The second kappa shape index (κ2) is 6.08. The predicted molar refractivity (Wildman–Crippen MR) is 75.0 cm³/mol. The minimum Gasteiger partial charge on any atom is -0.366 e. The van der Waals surface area contributed by atoms with Gasteiger partial charge in [0.05, 0.1) is 18.5 Å². The van der Waals surface area contributed by atoms with Crippen LogP contribution in [-0.4, -0.2) is 25.7 Å². The summed E-state index contributed by atoms with van der Waals surface area (Å²) < 4.78 is 0. The minimum atomic E-state index is 0.233. The molecule has 18 heavy (non-hydrogen) atoms. The van der Waals surface area contributed by atoms with Gasteiger partial charge in [-0.15, -0.1) is 0 Å². The number of nitriles is 1. The van der Waals surface area contributed by atoms with E-state index < -0.39 is 0 Å². The molecule has 0 aliphatic carbocycles. The van der Waals surface area contributed by atoms with E-state index in [0.717, 1.165) is 42.3 Å². The maximum atomic E-state index is 8.94. The summed E-state index contributed by atoms with van der Waals surface area (Å²) in [5.74, 6) is 0. The first kappa shape index (κ1) is 13.2. The number of nitrogens with zero attached hydrogens (tertiary/aromatic N) is 2. The fourth-order valence-electron chi connectivity index (χ4n) is 2.32. The fourth-order valence-corrected chi connectivity index (χ4v) is 2.50. The van der Waals surface area contributed by atoms with Crippen LogP contribution in [0.1, 0.15) is 18.4 Å². The number of anilines is 1. The van der Waals surface area contributed by atoms with E-state index >= 15 is 0 Å². The third-order valence-corrected chi connectivity index (χ3v) is 3.79. The van der Waals surface area contributed by atoms with E-state index in [9.17, 15) is 0 Å². The molecule has 1 saturated heterocycles. The highest BCUT2D eigenvalue weighted by molar-refractivity contribution is 6.31.